The van der Waals surface area contributed by atoms with E-state index in [4.69, 9.17) is 5.11 Å². The first-order valence-electron chi connectivity index (χ1n) is 6.76. The van der Waals surface area contributed by atoms with E-state index in [1.54, 1.807) is 6.92 Å². The molecule has 0 fully saturated rings. The average molecular weight is 281 g/mol. The molecular weight excluding hydrogens is 258 g/mol. The Balaban J connectivity index is 2.94. The summed E-state index contributed by atoms with van der Waals surface area (Å²) in [5.41, 5.74) is 2.29. The lowest BCUT2D eigenvalue weighted by Crippen LogP contribution is -2.30. The van der Waals surface area contributed by atoms with Gasteiger partial charge in [0, 0.05) is 12.0 Å². The topological polar surface area (TPSA) is 84.2 Å². The molecule has 0 bridgehead atoms. The van der Waals surface area contributed by atoms with Gasteiger partial charge in [-0.25, -0.2) is 0 Å². The van der Waals surface area contributed by atoms with Crippen molar-refractivity contribution in [3.63, 3.8) is 0 Å². The van der Waals surface area contributed by atoms with Crippen molar-refractivity contribution in [3.8, 4) is 0 Å². The van der Waals surface area contributed by atoms with Crippen LogP contribution in [0.25, 0.3) is 0 Å². The number of aromatic nitrogens is 2. The molecule has 1 heterocycles. The maximum Gasteiger partial charge on any atom is 0.307 e. The molecule has 0 aliphatic carbocycles. The molecule has 2 unspecified atom stereocenters. The van der Waals surface area contributed by atoms with Crippen LogP contribution in [0.3, 0.4) is 0 Å². The van der Waals surface area contributed by atoms with Crippen molar-refractivity contribution < 1.29 is 14.7 Å². The van der Waals surface area contributed by atoms with Crippen LogP contribution in [0, 0.1) is 25.7 Å². The van der Waals surface area contributed by atoms with E-state index in [0.29, 0.717) is 5.69 Å². The van der Waals surface area contributed by atoms with Crippen LogP contribution in [0.1, 0.15) is 45.1 Å². The average Bonchev–Trinajstić information content (AvgIpc) is 2.64. The van der Waals surface area contributed by atoms with Crippen molar-refractivity contribution in [2.45, 2.75) is 47.6 Å². The number of carbonyl (C=O) groups is 2. The van der Waals surface area contributed by atoms with Crippen molar-refractivity contribution in [3.05, 3.63) is 11.4 Å². The Hall–Kier alpha value is -1.85. The van der Waals surface area contributed by atoms with Crippen LogP contribution in [0.5, 0.6) is 0 Å². The third kappa shape index (κ3) is 3.18. The molecule has 2 atom stereocenters. The Morgan fingerprint density at radius 3 is 2.10 bits per heavy atom. The highest BCUT2D eigenvalue weighted by molar-refractivity contribution is 5.95. The third-order valence-corrected chi connectivity index (χ3v) is 3.62. The number of nitrogens with zero attached hydrogens (tertiary/aromatic N) is 2. The van der Waals surface area contributed by atoms with Crippen molar-refractivity contribution in [1.82, 2.24) is 9.78 Å². The van der Waals surface area contributed by atoms with Crippen molar-refractivity contribution in [2.75, 3.05) is 5.32 Å². The molecule has 0 spiro atoms. The fourth-order valence-corrected chi connectivity index (χ4v) is 2.02. The van der Waals surface area contributed by atoms with Crippen LogP contribution < -0.4 is 5.32 Å². The second-order valence-corrected chi connectivity index (χ2v) is 5.49. The highest BCUT2D eigenvalue weighted by Crippen LogP contribution is 2.24. The SMILES string of the molecule is Cc1nn(C(C)C)c(C)c1NC(=O)C(C)C(C)C(=O)O. The normalized spacial score (nSPS) is 14.2. The predicted octanol–water partition coefficient (Wildman–Crippen LogP) is 2.38. The molecule has 0 aromatic carbocycles. The smallest absolute Gasteiger partial charge is 0.307 e. The van der Waals surface area contributed by atoms with Crippen molar-refractivity contribution >= 4 is 17.6 Å². The lowest BCUT2D eigenvalue weighted by Gasteiger charge is -2.16. The first-order chi connectivity index (χ1) is 9.16. The Morgan fingerprint density at radius 2 is 1.70 bits per heavy atom. The summed E-state index contributed by atoms with van der Waals surface area (Å²) < 4.78 is 1.84. The largest absolute Gasteiger partial charge is 0.481 e. The Bertz CT molecular complexity index is 520. The van der Waals surface area contributed by atoms with Gasteiger partial charge < -0.3 is 10.4 Å². The molecule has 2 N–H and O–H groups in total. The minimum Gasteiger partial charge on any atom is -0.481 e. The molecule has 1 amide bonds. The van der Waals surface area contributed by atoms with E-state index >= 15 is 0 Å². The zero-order chi connectivity index (χ0) is 15.6. The van der Waals surface area contributed by atoms with E-state index in [1.807, 2.05) is 32.4 Å². The molecular formula is C14H23N3O3. The summed E-state index contributed by atoms with van der Waals surface area (Å²) in [5.74, 6) is -2.60. The van der Waals surface area contributed by atoms with Gasteiger partial charge in [0.15, 0.2) is 0 Å². The minimum absolute atomic E-state index is 0.203. The number of rotatable bonds is 5. The fourth-order valence-electron chi connectivity index (χ4n) is 2.02. The number of hydrogen-bond acceptors (Lipinski definition) is 3. The number of carbonyl (C=O) groups excluding carboxylic acids is 1. The maximum atomic E-state index is 12.1. The van der Waals surface area contributed by atoms with Crippen LogP contribution in [0.2, 0.25) is 0 Å². The molecule has 6 nitrogen and oxygen atoms in total. The van der Waals surface area contributed by atoms with Crippen LogP contribution in [-0.4, -0.2) is 26.8 Å². The molecule has 112 valence electrons. The van der Waals surface area contributed by atoms with Gasteiger partial charge in [0.1, 0.15) is 0 Å². The lowest BCUT2D eigenvalue weighted by atomic mass is 9.95. The summed E-state index contributed by atoms with van der Waals surface area (Å²) in [4.78, 5) is 23.1. The molecule has 0 saturated heterocycles. The van der Waals surface area contributed by atoms with Crippen LogP contribution in [-0.2, 0) is 9.59 Å². The van der Waals surface area contributed by atoms with Gasteiger partial charge >= 0.3 is 5.97 Å². The van der Waals surface area contributed by atoms with E-state index in [2.05, 4.69) is 10.4 Å². The van der Waals surface area contributed by atoms with Gasteiger partial charge in [-0.1, -0.05) is 13.8 Å². The highest BCUT2D eigenvalue weighted by atomic mass is 16.4. The first kappa shape index (κ1) is 16.2. The first-order valence-corrected chi connectivity index (χ1v) is 6.76. The van der Waals surface area contributed by atoms with Crippen LogP contribution in [0.4, 0.5) is 5.69 Å². The summed E-state index contributed by atoms with van der Waals surface area (Å²) in [6.45, 7) is 10.9. The zero-order valence-corrected chi connectivity index (χ0v) is 12.9. The van der Waals surface area contributed by atoms with Crippen molar-refractivity contribution in [1.29, 1.82) is 0 Å². The van der Waals surface area contributed by atoms with Crippen LogP contribution in [0.15, 0.2) is 0 Å². The highest BCUT2D eigenvalue weighted by Gasteiger charge is 2.27. The third-order valence-electron chi connectivity index (χ3n) is 3.62. The monoisotopic (exact) mass is 281 g/mol. The number of aliphatic carboxylic acids is 1. The number of carboxylic acids is 1. The number of amides is 1. The number of carboxylic acid groups (broad SMARTS) is 1. The van der Waals surface area contributed by atoms with Crippen LogP contribution >= 0.6 is 0 Å². The minimum atomic E-state index is -0.973. The fraction of sp³-hybridized carbons (Fsp3) is 0.643. The zero-order valence-electron chi connectivity index (χ0n) is 12.9. The summed E-state index contributed by atoms with van der Waals surface area (Å²) in [5, 5.41) is 16.1. The van der Waals surface area contributed by atoms with Gasteiger partial charge in [0.2, 0.25) is 5.91 Å². The molecule has 0 radical (unpaired) electrons. The van der Waals surface area contributed by atoms with Gasteiger partial charge in [0.25, 0.3) is 0 Å². The van der Waals surface area contributed by atoms with Gasteiger partial charge in [-0.3, -0.25) is 14.3 Å². The quantitative estimate of drug-likeness (QED) is 0.867. The standard InChI is InChI=1S/C14H23N3O3/c1-7(2)17-11(6)12(10(5)16-17)15-13(18)8(3)9(4)14(19)20/h7-9H,1-6H3,(H,15,18)(H,19,20). The van der Waals surface area contributed by atoms with Gasteiger partial charge in [-0.2, -0.15) is 5.10 Å². The molecule has 0 aliphatic rings. The summed E-state index contributed by atoms with van der Waals surface area (Å²) in [6.07, 6.45) is 0. The van der Waals surface area contributed by atoms with Gasteiger partial charge in [0.05, 0.1) is 23.0 Å². The van der Waals surface area contributed by atoms with E-state index in [-0.39, 0.29) is 11.9 Å². The molecule has 1 aromatic rings. The molecule has 0 aliphatic heterocycles. The molecule has 20 heavy (non-hydrogen) atoms. The molecule has 1 aromatic heterocycles. The molecule has 1 rings (SSSR count). The second kappa shape index (κ2) is 6.07. The van der Waals surface area contributed by atoms with Gasteiger partial charge in [-0.05, 0) is 27.7 Å². The van der Waals surface area contributed by atoms with Crippen molar-refractivity contribution in [2.24, 2.45) is 11.8 Å². The summed E-state index contributed by atoms with van der Waals surface area (Å²) in [7, 11) is 0. The summed E-state index contributed by atoms with van der Waals surface area (Å²) >= 11 is 0. The Morgan fingerprint density at radius 1 is 1.15 bits per heavy atom. The van der Waals surface area contributed by atoms with E-state index < -0.39 is 17.8 Å². The number of aryl methyl sites for hydroxylation is 1. The predicted molar refractivity (Wildman–Crippen MR) is 76.7 cm³/mol. The maximum absolute atomic E-state index is 12.1. The molecule has 6 heteroatoms. The number of anilines is 1. The number of hydrogen-bond donors (Lipinski definition) is 2. The van der Waals surface area contributed by atoms with Gasteiger partial charge in [-0.15, -0.1) is 0 Å². The van der Waals surface area contributed by atoms with E-state index in [1.165, 1.54) is 6.92 Å². The lowest BCUT2D eigenvalue weighted by molar-refractivity contribution is -0.145. The van der Waals surface area contributed by atoms with E-state index in [0.717, 1.165) is 11.4 Å². The molecule has 0 saturated carbocycles. The Kier molecular flexibility index (Phi) is 4.92. The summed E-state index contributed by atoms with van der Waals surface area (Å²) in [6, 6.07) is 0.203. The second-order valence-electron chi connectivity index (χ2n) is 5.49. The Labute approximate surface area is 119 Å². The van der Waals surface area contributed by atoms with E-state index in [9.17, 15) is 9.59 Å². The number of nitrogens with one attached hydrogen (secondary N) is 1.